The van der Waals surface area contributed by atoms with Gasteiger partial charge in [0.15, 0.2) is 0 Å². The zero-order valence-corrected chi connectivity index (χ0v) is 22.2. The quantitative estimate of drug-likeness (QED) is 0.332. The smallest absolute Gasteiger partial charge is 0.416 e. The van der Waals surface area contributed by atoms with Gasteiger partial charge in [0.25, 0.3) is 0 Å². The first-order valence-electron chi connectivity index (χ1n) is 12.7. The lowest BCUT2D eigenvalue weighted by Crippen LogP contribution is -2.43. The van der Waals surface area contributed by atoms with E-state index >= 15 is 0 Å². The third-order valence-corrected chi connectivity index (χ3v) is 7.23. The number of ether oxygens (including phenoxy) is 2. The Morgan fingerprint density at radius 1 is 0.881 bits per heavy atom. The first kappa shape index (κ1) is 31.4. The monoisotopic (exact) mass is 612 g/mol. The molecule has 0 N–H and O–H groups in total. The number of carbonyl (C=O) groups excluding carboxylic acids is 2. The molecule has 2 atom stereocenters. The standard InChI is InChI=1S/C27H25F9N2O4/c1-14-23(16-9-19(26(31,32)33)12-20(10-16)27(34,35)36)42-24(40)37(14)13-17-11-18(25(28,29)30)3-4-22(17)38(15(2)39)21-5-7-41-8-6-21/h3-4,9-12,14,21,23H,5-8,13H2,1-2H3/t14-,23-/m0/s1. The number of hydrogen-bond donors (Lipinski definition) is 0. The van der Waals surface area contributed by atoms with E-state index in [-0.39, 0.29) is 17.3 Å². The molecule has 2 fully saturated rings. The van der Waals surface area contributed by atoms with Gasteiger partial charge in [-0.25, -0.2) is 4.79 Å². The maximum Gasteiger partial charge on any atom is 0.416 e. The Morgan fingerprint density at radius 2 is 1.43 bits per heavy atom. The van der Waals surface area contributed by atoms with Crippen LogP contribution in [0.2, 0.25) is 0 Å². The van der Waals surface area contributed by atoms with E-state index in [0.29, 0.717) is 38.2 Å². The fourth-order valence-electron chi connectivity index (χ4n) is 5.18. The van der Waals surface area contributed by atoms with Crippen LogP contribution in [-0.2, 0) is 39.3 Å². The molecule has 0 radical (unpaired) electrons. The number of anilines is 1. The molecule has 2 aromatic rings. The van der Waals surface area contributed by atoms with Gasteiger partial charge in [-0.15, -0.1) is 0 Å². The molecule has 0 bridgehead atoms. The van der Waals surface area contributed by atoms with Crippen molar-refractivity contribution in [2.24, 2.45) is 0 Å². The molecule has 2 aliphatic heterocycles. The number of rotatable bonds is 5. The third-order valence-electron chi connectivity index (χ3n) is 7.23. The summed E-state index contributed by atoms with van der Waals surface area (Å²) in [6.07, 6.45) is -17.1. The fourth-order valence-corrected chi connectivity index (χ4v) is 5.18. The van der Waals surface area contributed by atoms with E-state index in [1.807, 2.05) is 0 Å². The summed E-state index contributed by atoms with van der Waals surface area (Å²) in [5.41, 5.74) is -4.93. The van der Waals surface area contributed by atoms with E-state index in [1.165, 1.54) is 18.7 Å². The SMILES string of the molecule is CC(=O)N(c1ccc(C(F)(F)F)cc1CN1C(=O)O[C@H](c2cc(C(F)(F)F)cc(C(F)(F)F)c2)[C@@H]1C)C1CCOCC1. The van der Waals surface area contributed by atoms with Crippen molar-refractivity contribution in [3.8, 4) is 0 Å². The summed E-state index contributed by atoms with van der Waals surface area (Å²) in [5.74, 6) is -0.485. The van der Waals surface area contributed by atoms with Crippen LogP contribution in [0.3, 0.4) is 0 Å². The minimum absolute atomic E-state index is 0.0652. The summed E-state index contributed by atoms with van der Waals surface area (Å²) >= 11 is 0. The molecule has 0 spiro atoms. The topological polar surface area (TPSA) is 59.1 Å². The van der Waals surface area contributed by atoms with Crippen molar-refractivity contribution in [1.82, 2.24) is 4.90 Å². The molecule has 2 amide bonds. The van der Waals surface area contributed by atoms with E-state index in [1.54, 1.807) is 0 Å². The van der Waals surface area contributed by atoms with Crippen molar-refractivity contribution in [3.63, 3.8) is 0 Å². The molecular weight excluding hydrogens is 587 g/mol. The zero-order valence-electron chi connectivity index (χ0n) is 22.2. The first-order valence-corrected chi connectivity index (χ1v) is 12.7. The van der Waals surface area contributed by atoms with Crippen LogP contribution in [0, 0.1) is 0 Å². The molecule has 2 aromatic carbocycles. The number of alkyl halides is 9. The predicted molar refractivity (Wildman–Crippen MR) is 129 cm³/mol. The summed E-state index contributed by atoms with van der Waals surface area (Å²) in [6.45, 7) is 2.55. The van der Waals surface area contributed by atoms with Crippen LogP contribution in [0.15, 0.2) is 36.4 Å². The van der Waals surface area contributed by atoms with Crippen LogP contribution < -0.4 is 4.90 Å². The number of hydrogen-bond acceptors (Lipinski definition) is 4. The van der Waals surface area contributed by atoms with E-state index in [2.05, 4.69) is 0 Å². The highest BCUT2D eigenvalue weighted by Crippen LogP contribution is 2.42. The summed E-state index contributed by atoms with van der Waals surface area (Å²) in [5, 5.41) is 0. The summed E-state index contributed by atoms with van der Waals surface area (Å²) in [6, 6.07) is 1.82. The Morgan fingerprint density at radius 3 is 1.93 bits per heavy atom. The molecule has 0 unspecified atom stereocenters. The highest BCUT2D eigenvalue weighted by molar-refractivity contribution is 5.93. The second-order valence-corrected chi connectivity index (χ2v) is 10.1. The Bertz CT molecular complexity index is 1300. The normalized spacial score (nSPS) is 20.5. The highest BCUT2D eigenvalue weighted by atomic mass is 19.4. The van der Waals surface area contributed by atoms with Gasteiger partial charge in [0.1, 0.15) is 6.10 Å². The van der Waals surface area contributed by atoms with Gasteiger partial charge in [-0.1, -0.05) is 0 Å². The molecule has 0 saturated carbocycles. The number of amides is 2. The zero-order chi connectivity index (χ0) is 31.2. The largest absolute Gasteiger partial charge is 0.439 e. The number of nitrogens with zero attached hydrogens (tertiary/aromatic N) is 2. The number of carbonyl (C=O) groups is 2. The van der Waals surface area contributed by atoms with Crippen LogP contribution in [0.1, 0.15) is 60.6 Å². The molecule has 42 heavy (non-hydrogen) atoms. The molecule has 0 aromatic heterocycles. The maximum absolute atomic E-state index is 13.6. The van der Waals surface area contributed by atoms with Gasteiger partial charge < -0.3 is 14.4 Å². The van der Waals surface area contributed by atoms with Gasteiger partial charge in [-0.05, 0) is 67.3 Å². The summed E-state index contributed by atoms with van der Waals surface area (Å²) in [7, 11) is 0. The van der Waals surface area contributed by atoms with Crippen molar-refractivity contribution in [3.05, 3.63) is 64.2 Å². The van der Waals surface area contributed by atoms with E-state index in [9.17, 15) is 49.1 Å². The second-order valence-electron chi connectivity index (χ2n) is 10.1. The van der Waals surface area contributed by atoms with Crippen molar-refractivity contribution >= 4 is 17.7 Å². The van der Waals surface area contributed by atoms with Crippen molar-refractivity contribution in [2.75, 3.05) is 18.1 Å². The number of benzene rings is 2. The van der Waals surface area contributed by atoms with Crippen LogP contribution >= 0.6 is 0 Å². The average molecular weight is 612 g/mol. The Labute approximate surface area is 234 Å². The number of halogens is 9. The Hall–Kier alpha value is -3.49. The molecule has 230 valence electrons. The first-order chi connectivity index (χ1) is 19.4. The van der Waals surface area contributed by atoms with E-state index in [4.69, 9.17) is 9.47 Å². The van der Waals surface area contributed by atoms with Gasteiger partial charge in [0, 0.05) is 31.9 Å². The Kier molecular flexibility index (Phi) is 8.46. The molecular formula is C27H25F9N2O4. The third kappa shape index (κ3) is 6.60. The van der Waals surface area contributed by atoms with Gasteiger partial charge >= 0.3 is 24.6 Å². The van der Waals surface area contributed by atoms with Crippen LogP contribution in [0.5, 0.6) is 0 Å². The second kappa shape index (κ2) is 11.3. The van der Waals surface area contributed by atoms with E-state index in [0.717, 1.165) is 23.1 Å². The van der Waals surface area contributed by atoms with Gasteiger partial charge in [0.2, 0.25) is 5.91 Å². The molecule has 2 aliphatic rings. The lowest BCUT2D eigenvalue weighted by Gasteiger charge is -2.35. The molecule has 4 rings (SSSR count). The molecule has 0 aliphatic carbocycles. The minimum atomic E-state index is -5.14. The predicted octanol–water partition coefficient (Wildman–Crippen LogP) is 7.36. The van der Waals surface area contributed by atoms with E-state index < -0.39 is 77.5 Å². The van der Waals surface area contributed by atoms with Crippen molar-refractivity contribution < 1.29 is 58.6 Å². The van der Waals surface area contributed by atoms with Crippen LogP contribution in [0.4, 0.5) is 50.0 Å². The Balaban J connectivity index is 1.74. The molecule has 6 nitrogen and oxygen atoms in total. The average Bonchev–Trinajstić information content (AvgIpc) is 3.16. The lowest BCUT2D eigenvalue weighted by atomic mass is 9.97. The lowest BCUT2D eigenvalue weighted by molar-refractivity contribution is -0.143. The van der Waals surface area contributed by atoms with Crippen molar-refractivity contribution in [2.45, 2.75) is 70.0 Å². The molecule has 2 saturated heterocycles. The van der Waals surface area contributed by atoms with Gasteiger partial charge in [0.05, 0.1) is 29.3 Å². The molecule has 2 heterocycles. The fraction of sp³-hybridized carbons (Fsp3) is 0.481. The number of cyclic esters (lactones) is 1. The molecule has 15 heteroatoms. The van der Waals surface area contributed by atoms with Gasteiger partial charge in [-0.3, -0.25) is 9.69 Å². The highest BCUT2D eigenvalue weighted by Gasteiger charge is 2.44. The summed E-state index contributed by atoms with van der Waals surface area (Å²) < 4.78 is 132. The maximum atomic E-state index is 13.6. The van der Waals surface area contributed by atoms with Crippen LogP contribution in [-0.4, -0.2) is 42.2 Å². The van der Waals surface area contributed by atoms with Crippen molar-refractivity contribution in [1.29, 1.82) is 0 Å². The van der Waals surface area contributed by atoms with Gasteiger partial charge in [-0.2, -0.15) is 39.5 Å². The summed E-state index contributed by atoms with van der Waals surface area (Å²) in [4.78, 5) is 27.8. The minimum Gasteiger partial charge on any atom is -0.439 e. The van der Waals surface area contributed by atoms with Crippen LogP contribution in [0.25, 0.3) is 0 Å².